The SMILES string of the molecule is CCCc1cc(N2C[C@H](CNC(=O)C(F)F)OC2=O)cc(F)c1N1CCNN(C(=O)CCCF)CC1. The van der Waals surface area contributed by atoms with Gasteiger partial charge in [-0.3, -0.25) is 23.9 Å². The zero-order valence-corrected chi connectivity index (χ0v) is 20.1. The van der Waals surface area contributed by atoms with Gasteiger partial charge >= 0.3 is 12.5 Å². The number of hydrazine groups is 1. The molecule has 9 nitrogen and oxygen atoms in total. The Hall–Kier alpha value is -3.09. The van der Waals surface area contributed by atoms with E-state index in [1.807, 2.05) is 17.1 Å². The van der Waals surface area contributed by atoms with Gasteiger partial charge in [0.25, 0.3) is 5.91 Å². The summed E-state index contributed by atoms with van der Waals surface area (Å²) in [7, 11) is 0. The molecular weight excluding hydrogens is 486 g/mol. The summed E-state index contributed by atoms with van der Waals surface area (Å²) in [6.45, 7) is 2.53. The van der Waals surface area contributed by atoms with Gasteiger partial charge in [0.05, 0.1) is 37.7 Å². The first-order valence-electron chi connectivity index (χ1n) is 12.0. The van der Waals surface area contributed by atoms with Crippen LogP contribution in [0.15, 0.2) is 12.1 Å². The van der Waals surface area contributed by atoms with Crippen LogP contribution in [0.25, 0.3) is 0 Å². The highest BCUT2D eigenvalue weighted by Crippen LogP contribution is 2.33. The number of nitrogens with one attached hydrogen (secondary N) is 2. The third kappa shape index (κ3) is 6.77. The summed E-state index contributed by atoms with van der Waals surface area (Å²) < 4.78 is 57.8. The number of hydrogen-bond acceptors (Lipinski definition) is 6. The van der Waals surface area contributed by atoms with E-state index in [9.17, 15) is 27.6 Å². The van der Waals surface area contributed by atoms with Crippen LogP contribution in [0.5, 0.6) is 0 Å². The molecule has 36 heavy (non-hydrogen) atoms. The van der Waals surface area contributed by atoms with Crippen molar-refractivity contribution in [1.82, 2.24) is 15.8 Å². The average molecular weight is 518 g/mol. The smallest absolute Gasteiger partial charge is 0.414 e. The number of benzene rings is 1. The van der Waals surface area contributed by atoms with Gasteiger partial charge in [0, 0.05) is 26.1 Å². The lowest BCUT2D eigenvalue weighted by Crippen LogP contribution is -2.43. The van der Waals surface area contributed by atoms with E-state index in [0.29, 0.717) is 50.3 Å². The molecule has 2 fully saturated rings. The van der Waals surface area contributed by atoms with Gasteiger partial charge < -0.3 is 15.0 Å². The van der Waals surface area contributed by atoms with Gasteiger partial charge in [0.2, 0.25) is 5.91 Å². The molecule has 1 atom stereocenters. The van der Waals surface area contributed by atoms with Crippen LogP contribution >= 0.6 is 0 Å². The molecule has 1 aromatic carbocycles. The molecule has 200 valence electrons. The fourth-order valence-corrected chi connectivity index (χ4v) is 4.26. The molecule has 13 heteroatoms. The summed E-state index contributed by atoms with van der Waals surface area (Å²) >= 11 is 0. The van der Waals surface area contributed by atoms with E-state index >= 15 is 4.39 Å². The largest absolute Gasteiger partial charge is 0.442 e. The Morgan fingerprint density at radius 2 is 2.03 bits per heavy atom. The number of cyclic esters (lactones) is 1. The minimum absolute atomic E-state index is 0.0315. The second-order valence-corrected chi connectivity index (χ2v) is 8.58. The van der Waals surface area contributed by atoms with Crippen molar-refractivity contribution >= 4 is 29.3 Å². The standard InChI is InChI=1S/C23H31F4N5O4/c1-2-4-15-11-16(31-14-17(36-23(31)35)13-28-22(34)21(26)27)12-18(25)20(15)30-8-7-29-32(10-9-30)19(33)5-3-6-24/h11-12,17,21,29H,2-10,13-14H2,1H3,(H,28,34)/t17-/m0/s1. The minimum atomic E-state index is -3.18. The van der Waals surface area contributed by atoms with E-state index < -0.39 is 37.0 Å². The Morgan fingerprint density at radius 1 is 1.25 bits per heavy atom. The van der Waals surface area contributed by atoms with E-state index in [1.165, 1.54) is 16.0 Å². The molecule has 0 spiro atoms. The van der Waals surface area contributed by atoms with Crippen molar-refractivity contribution in [1.29, 1.82) is 0 Å². The zero-order chi connectivity index (χ0) is 26.2. The predicted molar refractivity (Wildman–Crippen MR) is 124 cm³/mol. The van der Waals surface area contributed by atoms with Crippen LogP contribution in [-0.4, -0.2) is 81.4 Å². The second-order valence-electron chi connectivity index (χ2n) is 8.58. The first-order valence-corrected chi connectivity index (χ1v) is 12.0. The van der Waals surface area contributed by atoms with E-state index in [4.69, 9.17) is 4.74 Å². The molecule has 2 heterocycles. The van der Waals surface area contributed by atoms with E-state index in [1.54, 1.807) is 6.07 Å². The molecule has 0 saturated carbocycles. The number of carbonyl (C=O) groups excluding carboxylic acids is 3. The lowest BCUT2D eigenvalue weighted by Gasteiger charge is -2.27. The average Bonchev–Trinajstić information content (AvgIpc) is 3.05. The van der Waals surface area contributed by atoms with E-state index in [0.717, 1.165) is 0 Å². The highest BCUT2D eigenvalue weighted by molar-refractivity contribution is 5.90. The Kier molecular flexibility index (Phi) is 9.73. The summed E-state index contributed by atoms with van der Waals surface area (Å²) in [4.78, 5) is 38.8. The second kappa shape index (κ2) is 12.7. The quantitative estimate of drug-likeness (QED) is 0.463. The fourth-order valence-electron chi connectivity index (χ4n) is 4.26. The number of carbonyl (C=O) groups is 3. The minimum Gasteiger partial charge on any atom is -0.442 e. The van der Waals surface area contributed by atoms with Crippen LogP contribution in [0.2, 0.25) is 0 Å². The van der Waals surface area contributed by atoms with Crippen molar-refractivity contribution in [3.8, 4) is 0 Å². The summed E-state index contributed by atoms with van der Waals surface area (Å²) in [6, 6.07) is 2.92. The van der Waals surface area contributed by atoms with Gasteiger partial charge in [-0.25, -0.2) is 14.6 Å². The van der Waals surface area contributed by atoms with Crippen LogP contribution in [0, 0.1) is 5.82 Å². The van der Waals surface area contributed by atoms with Crippen molar-refractivity contribution < 1.29 is 36.7 Å². The highest BCUT2D eigenvalue weighted by Gasteiger charge is 2.34. The predicted octanol–water partition coefficient (Wildman–Crippen LogP) is 2.39. The van der Waals surface area contributed by atoms with Crippen molar-refractivity contribution in [2.45, 2.75) is 45.1 Å². The number of aryl methyl sites for hydroxylation is 1. The third-order valence-corrected chi connectivity index (χ3v) is 5.95. The number of anilines is 2. The number of hydrogen-bond donors (Lipinski definition) is 2. The molecule has 0 unspecified atom stereocenters. The molecule has 0 radical (unpaired) electrons. The topological polar surface area (TPSA) is 94.2 Å². The van der Waals surface area contributed by atoms with Crippen molar-refractivity contribution in [2.24, 2.45) is 0 Å². The van der Waals surface area contributed by atoms with Crippen LogP contribution in [0.1, 0.15) is 31.7 Å². The summed E-state index contributed by atoms with van der Waals surface area (Å²) in [5, 5.41) is 3.45. The van der Waals surface area contributed by atoms with E-state index in [-0.39, 0.29) is 37.5 Å². The third-order valence-electron chi connectivity index (χ3n) is 5.95. The Balaban J connectivity index is 1.74. The van der Waals surface area contributed by atoms with Crippen molar-refractivity contribution in [3.05, 3.63) is 23.5 Å². The first-order chi connectivity index (χ1) is 17.2. The molecule has 0 aliphatic carbocycles. The summed E-state index contributed by atoms with van der Waals surface area (Å²) in [5.41, 5.74) is 4.33. The van der Waals surface area contributed by atoms with Crippen LogP contribution < -0.4 is 20.5 Å². The molecule has 1 aromatic rings. The normalized spacial score (nSPS) is 18.4. The first kappa shape index (κ1) is 27.5. The Labute approximate surface area is 206 Å². The van der Waals surface area contributed by atoms with Crippen molar-refractivity contribution in [2.75, 3.05) is 55.7 Å². The molecule has 0 bridgehead atoms. The van der Waals surface area contributed by atoms with Gasteiger partial charge in [0.1, 0.15) is 11.9 Å². The number of rotatable bonds is 10. The fraction of sp³-hybridized carbons (Fsp3) is 0.609. The molecule has 2 aliphatic heterocycles. The maximum atomic E-state index is 15.5. The molecule has 2 saturated heterocycles. The van der Waals surface area contributed by atoms with Gasteiger partial charge in [-0.2, -0.15) is 8.78 Å². The van der Waals surface area contributed by atoms with Crippen LogP contribution in [-0.2, 0) is 20.7 Å². The summed E-state index contributed by atoms with van der Waals surface area (Å²) in [5.74, 6) is -2.22. The molecule has 2 aliphatic rings. The monoisotopic (exact) mass is 517 g/mol. The molecule has 3 rings (SSSR count). The van der Waals surface area contributed by atoms with Gasteiger partial charge in [-0.05, 0) is 30.5 Å². The van der Waals surface area contributed by atoms with Crippen LogP contribution in [0.4, 0.5) is 33.7 Å². The van der Waals surface area contributed by atoms with Crippen LogP contribution in [0.3, 0.4) is 0 Å². The zero-order valence-electron chi connectivity index (χ0n) is 20.1. The number of alkyl halides is 3. The molecular formula is C23H31F4N5O4. The molecule has 0 aromatic heterocycles. The summed E-state index contributed by atoms with van der Waals surface area (Å²) in [6.07, 6.45) is -3.31. The number of amides is 3. The lowest BCUT2D eigenvalue weighted by molar-refractivity contribution is -0.134. The van der Waals surface area contributed by atoms with E-state index in [2.05, 4.69) is 5.43 Å². The van der Waals surface area contributed by atoms with Gasteiger partial charge in [-0.15, -0.1) is 0 Å². The number of ether oxygens (including phenoxy) is 1. The van der Waals surface area contributed by atoms with Gasteiger partial charge in [0.15, 0.2) is 0 Å². The maximum absolute atomic E-state index is 15.5. The highest BCUT2D eigenvalue weighted by atomic mass is 19.3. The van der Waals surface area contributed by atoms with Gasteiger partial charge in [-0.1, -0.05) is 13.3 Å². The molecule has 3 amide bonds. The van der Waals surface area contributed by atoms with Crippen molar-refractivity contribution in [3.63, 3.8) is 0 Å². The Morgan fingerprint density at radius 3 is 2.72 bits per heavy atom. The number of halogens is 4. The molecule has 2 N–H and O–H groups in total. The lowest BCUT2D eigenvalue weighted by atomic mass is 10.0. The number of nitrogens with zero attached hydrogens (tertiary/aromatic N) is 3. The Bertz CT molecular complexity index is 951. The maximum Gasteiger partial charge on any atom is 0.414 e.